The van der Waals surface area contributed by atoms with Gasteiger partial charge >= 0.3 is 12.4 Å². The number of thiazole rings is 1. The van der Waals surface area contributed by atoms with Crippen molar-refractivity contribution in [2.75, 3.05) is 44.3 Å². The van der Waals surface area contributed by atoms with Gasteiger partial charge in [0.2, 0.25) is 0 Å². The normalized spacial score (nSPS) is 15.4. The maximum absolute atomic E-state index is 13.5. The third-order valence-corrected chi connectivity index (χ3v) is 7.31. The number of hydrogen-bond donors (Lipinski definition) is 0. The maximum Gasteiger partial charge on any atom is 0.416 e. The number of aromatic nitrogens is 1. The van der Waals surface area contributed by atoms with E-state index >= 15 is 0 Å². The van der Waals surface area contributed by atoms with Gasteiger partial charge in [-0.15, -0.1) is 0 Å². The van der Waals surface area contributed by atoms with Crippen LogP contribution in [0.3, 0.4) is 0 Å². The number of benzene rings is 2. The van der Waals surface area contributed by atoms with Crippen molar-refractivity contribution in [3.8, 4) is 0 Å². The summed E-state index contributed by atoms with van der Waals surface area (Å²) in [4.78, 5) is 21.4. The Morgan fingerprint density at radius 1 is 1.00 bits per heavy atom. The number of hydrogen-bond acceptors (Lipinski definition) is 5. The lowest BCUT2D eigenvalue weighted by Gasteiger charge is -2.28. The van der Waals surface area contributed by atoms with Crippen LogP contribution < -0.4 is 4.90 Å². The van der Waals surface area contributed by atoms with Crippen LogP contribution in [-0.4, -0.2) is 55.2 Å². The largest absolute Gasteiger partial charge is 0.416 e. The van der Waals surface area contributed by atoms with Crippen LogP contribution in [-0.2, 0) is 17.1 Å². The number of nitrogens with zero attached hydrogens (tertiary/aromatic N) is 3. The fourth-order valence-corrected chi connectivity index (χ4v) is 5.32. The van der Waals surface area contributed by atoms with Gasteiger partial charge in [-0.3, -0.25) is 14.6 Å². The van der Waals surface area contributed by atoms with E-state index in [-0.39, 0.29) is 17.7 Å². The summed E-state index contributed by atoms with van der Waals surface area (Å²) in [7, 11) is 0. The van der Waals surface area contributed by atoms with Crippen LogP contribution in [0.5, 0.6) is 0 Å². The highest BCUT2D eigenvalue weighted by Crippen LogP contribution is 2.38. The number of amides is 1. The summed E-state index contributed by atoms with van der Waals surface area (Å²) in [5.41, 5.74) is -1.29. The Labute approximate surface area is 213 Å². The Kier molecular flexibility index (Phi) is 7.82. The molecule has 5 nitrogen and oxygen atoms in total. The van der Waals surface area contributed by atoms with Gasteiger partial charge in [0.15, 0.2) is 5.13 Å². The molecule has 0 N–H and O–H groups in total. The van der Waals surface area contributed by atoms with Crippen molar-refractivity contribution in [2.24, 2.45) is 0 Å². The minimum absolute atomic E-state index is 0.0172. The summed E-state index contributed by atoms with van der Waals surface area (Å²) in [6.45, 7) is 6.99. The highest BCUT2D eigenvalue weighted by molar-refractivity contribution is 7.22. The first-order valence-corrected chi connectivity index (χ1v) is 12.4. The predicted molar refractivity (Wildman–Crippen MR) is 129 cm³/mol. The molecule has 1 fully saturated rings. The third kappa shape index (κ3) is 6.42. The first-order chi connectivity index (χ1) is 17.3. The van der Waals surface area contributed by atoms with Crippen LogP contribution in [0.2, 0.25) is 0 Å². The van der Waals surface area contributed by atoms with Crippen LogP contribution in [0.4, 0.5) is 31.5 Å². The molecule has 0 unspecified atom stereocenters. The van der Waals surface area contributed by atoms with Crippen molar-refractivity contribution in [3.63, 3.8) is 0 Å². The summed E-state index contributed by atoms with van der Waals surface area (Å²) < 4.78 is 86.7. The van der Waals surface area contributed by atoms with Crippen LogP contribution >= 0.6 is 11.3 Å². The molecule has 0 radical (unpaired) electrons. The zero-order chi connectivity index (χ0) is 27.0. The van der Waals surface area contributed by atoms with Crippen molar-refractivity contribution in [2.45, 2.75) is 32.6 Å². The molecule has 0 saturated carbocycles. The molecule has 1 saturated heterocycles. The predicted octanol–water partition coefficient (Wildman–Crippen LogP) is 6.32. The summed E-state index contributed by atoms with van der Waals surface area (Å²) in [5, 5.41) is 0.224. The van der Waals surface area contributed by atoms with E-state index in [0.717, 1.165) is 15.8 Å². The Morgan fingerprint density at radius 2 is 1.62 bits per heavy atom. The molecule has 37 heavy (non-hydrogen) atoms. The third-order valence-electron chi connectivity index (χ3n) is 6.08. The highest BCUT2D eigenvalue weighted by atomic mass is 32.1. The number of morpholine rings is 1. The number of anilines is 1. The average Bonchev–Trinajstić information content (AvgIpc) is 3.25. The van der Waals surface area contributed by atoms with Crippen LogP contribution in [0, 0.1) is 13.8 Å². The van der Waals surface area contributed by atoms with Crippen molar-refractivity contribution in [1.29, 1.82) is 0 Å². The molecule has 200 valence electrons. The zero-order valence-electron chi connectivity index (χ0n) is 20.2. The fourth-order valence-electron chi connectivity index (χ4n) is 4.28. The Morgan fingerprint density at radius 3 is 2.22 bits per heavy atom. The Bertz CT molecular complexity index is 1250. The highest BCUT2D eigenvalue weighted by Gasteiger charge is 2.38. The first kappa shape index (κ1) is 27.3. The number of halogens is 6. The minimum Gasteiger partial charge on any atom is -0.379 e. The van der Waals surface area contributed by atoms with Crippen LogP contribution in [0.15, 0.2) is 30.3 Å². The molecule has 0 atom stereocenters. The van der Waals surface area contributed by atoms with Gasteiger partial charge < -0.3 is 4.74 Å². The van der Waals surface area contributed by atoms with Crippen LogP contribution in [0.1, 0.15) is 39.0 Å². The standard InChI is InChI=1S/C25H25F6N3O2S/c1-15-10-16(2)21-20(11-15)32-23(37-21)34(5-3-4-33-6-8-36-9-7-33)22(35)17-12-18(24(26,27)28)14-19(13-17)25(29,30)31/h10-14H,3-9H2,1-2H3. The number of alkyl halides is 6. The topological polar surface area (TPSA) is 45.7 Å². The van der Waals surface area contributed by atoms with E-state index in [9.17, 15) is 31.1 Å². The van der Waals surface area contributed by atoms with E-state index in [4.69, 9.17) is 4.74 Å². The molecule has 1 aromatic heterocycles. The molecular formula is C25H25F6N3O2S. The van der Waals surface area contributed by atoms with E-state index in [1.54, 1.807) is 0 Å². The Hall–Kier alpha value is -2.70. The number of aryl methyl sites for hydroxylation is 2. The van der Waals surface area contributed by atoms with Gasteiger partial charge in [0.1, 0.15) is 0 Å². The SMILES string of the molecule is Cc1cc(C)c2sc(N(CCCN3CCOCC3)C(=O)c3cc(C(F)(F)F)cc(C(F)(F)F)c3)nc2c1. The number of rotatable bonds is 6. The molecule has 4 rings (SSSR count). The van der Waals surface area contributed by atoms with Gasteiger partial charge in [0.05, 0.1) is 34.6 Å². The molecular weight excluding hydrogens is 520 g/mol. The smallest absolute Gasteiger partial charge is 0.379 e. The van der Waals surface area contributed by atoms with E-state index < -0.39 is 35.0 Å². The first-order valence-electron chi connectivity index (χ1n) is 11.6. The number of fused-ring (bicyclic) bond motifs is 1. The van der Waals surface area contributed by atoms with E-state index in [1.807, 2.05) is 26.0 Å². The number of carbonyl (C=O) groups excluding carboxylic acids is 1. The van der Waals surface area contributed by atoms with Gasteiger partial charge in [-0.25, -0.2) is 4.98 Å². The van der Waals surface area contributed by atoms with Gasteiger partial charge in [0, 0.05) is 31.7 Å². The molecule has 0 spiro atoms. The average molecular weight is 546 g/mol. The van der Waals surface area contributed by atoms with Crippen LogP contribution in [0.25, 0.3) is 10.2 Å². The van der Waals surface area contributed by atoms with Gasteiger partial charge in [-0.1, -0.05) is 17.4 Å². The molecule has 3 aromatic rings. The lowest BCUT2D eigenvalue weighted by Crippen LogP contribution is -2.39. The van der Waals surface area contributed by atoms with Crippen molar-refractivity contribution in [3.05, 3.63) is 58.1 Å². The molecule has 2 heterocycles. The second kappa shape index (κ2) is 10.6. The summed E-state index contributed by atoms with van der Waals surface area (Å²) in [6.07, 6.45) is -9.66. The zero-order valence-corrected chi connectivity index (χ0v) is 21.0. The Balaban J connectivity index is 1.72. The summed E-state index contributed by atoms with van der Waals surface area (Å²) in [5.74, 6) is -0.966. The van der Waals surface area contributed by atoms with Gasteiger partial charge in [0.25, 0.3) is 5.91 Å². The maximum atomic E-state index is 13.5. The molecule has 0 aliphatic carbocycles. The van der Waals surface area contributed by atoms with Crippen molar-refractivity contribution in [1.82, 2.24) is 9.88 Å². The van der Waals surface area contributed by atoms with Crippen molar-refractivity contribution < 1.29 is 35.9 Å². The lowest BCUT2D eigenvalue weighted by atomic mass is 10.0. The second-order valence-corrected chi connectivity index (χ2v) is 9.96. The number of carbonyl (C=O) groups is 1. The molecule has 0 bridgehead atoms. The molecule has 1 amide bonds. The van der Waals surface area contributed by atoms with E-state index in [2.05, 4.69) is 9.88 Å². The molecule has 1 aliphatic rings. The molecule has 2 aromatic carbocycles. The van der Waals surface area contributed by atoms with Crippen molar-refractivity contribution >= 4 is 32.6 Å². The summed E-state index contributed by atoms with van der Waals surface area (Å²) >= 11 is 1.19. The molecule has 1 aliphatic heterocycles. The fraction of sp³-hybridized carbons (Fsp3) is 0.440. The monoisotopic (exact) mass is 545 g/mol. The minimum atomic E-state index is -5.05. The van der Waals surface area contributed by atoms with Gasteiger partial charge in [-0.05, 0) is 55.7 Å². The molecule has 12 heteroatoms. The summed E-state index contributed by atoms with van der Waals surface area (Å²) in [6, 6.07) is 4.72. The van der Waals surface area contributed by atoms with E-state index in [1.165, 1.54) is 16.2 Å². The quantitative estimate of drug-likeness (QED) is 0.340. The lowest BCUT2D eigenvalue weighted by molar-refractivity contribution is -0.143. The number of ether oxygens (including phenoxy) is 1. The second-order valence-electron chi connectivity index (χ2n) is 8.99. The van der Waals surface area contributed by atoms with E-state index in [0.29, 0.717) is 56.9 Å². The van der Waals surface area contributed by atoms with Gasteiger partial charge in [-0.2, -0.15) is 26.3 Å².